The molecule has 0 aliphatic rings. The normalized spacial score (nSPS) is 10.9. The van der Waals surface area contributed by atoms with Crippen LogP contribution in [0.15, 0.2) is 42.5 Å². The fraction of sp³-hybridized carbons (Fsp3) is 0.294. The van der Waals surface area contributed by atoms with Gasteiger partial charge in [0, 0.05) is 6.07 Å². The lowest BCUT2D eigenvalue weighted by molar-refractivity contribution is 0.439. The van der Waals surface area contributed by atoms with E-state index in [2.05, 4.69) is 12.1 Å². The fourth-order valence-electron chi connectivity index (χ4n) is 2.23. The van der Waals surface area contributed by atoms with Crippen molar-refractivity contribution in [2.75, 3.05) is 0 Å². The molecule has 0 bridgehead atoms. The van der Waals surface area contributed by atoms with Crippen LogP contribution in [0.4, 0.5) is 0 Å². The van der Waals surface area contributed by atoms with E-state index in [-0.39, 0.29) is 17.4 Å². The lowest BCUT2D eigenvalue weighted by atomic mass is 9.96. The van der Waals surface area contributed by atoms with Gasteiger partial charge < -0.3 is 10.2 Å². The summed E-state index contributed by atoms with van der Waals surface area (Å²) >= 11 is 0. The van der Waals surface area contributed by atoms with E-state index in [4.69, 9.17) is 0 Å². The third kappa shape index (κ3) is 3.28. The number of hydrogen-bond acceptors (Lipinski definition) is 2. The zero-order valence-electron chi connectivity index (χ0n) is 11.4. The highest BCUT2D eigenvalue weighted by atomic mass is 16.3. The fourth-order valence-corrected chi connectivity index (χ4v) is 2.23. The number of aryl methyl sites for hydroxylation is 2. The molecule has 19 heavy (non-hydrogen) atoms. The van der Waals surface area contributed by atoms with Gasteiger partial charge in [-0.1, -0.05) is 44.2 Å². The van der Waals surface area contributed by atoms with Gasteiger partial charge in [-0.15, -0.1) is 0 Å². The van der Waals surface area contributed by atoms with E-state index in [0.29, 0.717) is 0 Å². The van der Waals surface area contributed by atoms with Crippen LogP contribution in [0.5, 0.6) is 11.5 Å². The molecule has 100 valence electrons. The maximum atomic E-state index is 9.92. The number of hydrogen-bond donors (Lipinski definition) is 2. The smallest absolute Gasteiger partial charge is 0.122 e. The number of rotatable bonds is 4. The minimum atomic E-state index is 0.177. The summed E-state index contributed by atoms with van der Waals surface area (Å²) in [5.41, 5.74) is 3.03. The van der Waals surface area contributed by atoms with E-state index in [9.17, 15) is 10.2 Å². The van der Waals surface area contributed by atoms with Gasteiger partial charge in [0.1, 0.15) is 11.5 Å². The van der Waals surface area contributed by atoms with Gasteiger partial charge in [-0.25, -0.2) is 0 Å². The van der Waals surface area contributed by atoms with E-state index in [1.807, 2.05) is 38.1 Å². The average Bonchev–Trinajstić information content (AvgIpc) is 2.38. The van der Waals surface area contributed by atoms with Crippen molar-refractivity contribution in [2.24, 2.45) is 0 Å². The molecule has 0 fully saturated rings. The second kappa shape index (κ2) is 5.79. The molecule has 0 aliphatic carbocycles. The molecule has 2 rings (SSSR count). The maximum absolute atomic E-state index is 9.92. The molecule has 0 aromatic heterocycles. The zero-order valence-corrected chi connectivity index (χ0v) is 11.4. The zero-order chi connectivity index (χ0) is 13.8. The van der Waals surface area contributed by atoms with Gasteiger partial charge in [0.25, 0.3) is 0 Å². The summed E-state index contributed by atoms with van der Waals surface area (Å²) in [6.45, 7) is 4.07. The molecule has 0 aliphatic heterocycles. The molecule has 0 heterocycles. The molecule has 2 nitrogen and oxygen atoms in total. The summed E-state index contributed by atoms with van der Waals surface area (Å²) in [5.74, 6) is 0.602. The third-order valence-corrected chi connectivity index (χ3v) is 3.38. The van der Waals surface area contributed by atoms with Crippen molar-refractivity contribution < 1.29 is 10.2 Å². The van der Waals surface area contributed by atoms with Crippen molar-refractivity contribution in [3.8, 4) is 11.5 Å². The quantitative estimate of drug-likeness (QED) is 0.867. The molecule has 0 radical (unpaired) electrons. The van der Waals surface area contributed by atoms with E-state index < -0.39 is 0 Å². The van der Waals surface area contributed by atoms with Crippen molar-refractivity contribution >= 4 is 0 Å². The standard InChI is InChI=1S/C17H20O2/c1-12(2)15-10-14(16(18)11-17(15)19)9-8-13-6-4-3-5-7-13/h3-7,10-12,18-19H,8-9H2,1-2H3. The molecular formula is C17H20O2. The van der Waals surface area contributed by atoms with Crippen LogP contribution >= 0.6 is 0 Å². The Morgan fingerprint density at radius 2 is 1.58 bits per heavy atom. The van der Waals surface area contributed by atoms with Gasteiger partial charge >= 0.3 is 0 Å². The van der Waals surface area contributed by atoms with Crippen molar-refractivity contribution in [3.63, 3.8) is 0 Å². The Bertz CT molecular complexity index is 545. The minimum absolute atomic E-state index is 0.177. The van der Waals surface area contributed by atoms with E-state index in [1.54, 1.807) is 0 Å². The van der Waals surface area contributed by atoms with Gasteiger partial charge in [0.05, 0.1) is 0 Å². The summed E-state index contributed by atoms with van der Waals surface area (Å²) in [7, 11) is 0. The molecule has 0 spiro atoms. The minimum Gasteiger partial charge on any atom is -0.508 e. The number of phenols is 2. The molecule has 0 unspecified atom stereocenters. The van der Waals surface area contributed by atoms with Crippen LogP contribution in [0.3, 0.4) is 0 Å². The van der Waals surface area contributed by atoms with Crippen molar-refractivity contribution in [2.45, 2.75) is 32.6 Å². The molecule has 0 amide bonds. The van der Waals surface area contributed by atoms with E-state index in [0.717, 1.165) is 24.0 Å². The topological polar surface area (TPSA) is 40.5 Å². The third-order valence-electron chi connectivity index (χ3n) is 3.38. The second-order valence-corrected chi connectivity index (χ2v) is 5.18. The summed E-state index contributed by atoms with van der Waals surface area (Å²) in [5, 5.41) is 19.7. The van der Waals surface area contributed by atoms with E-state index >= 15 is 0 Å². The molecular weight excluding hydrogens is 236 g/mol. The predicted molar refractivity (Wildman–Crippen MR) is 77.7 cm³/mol. The number of phenolic OH excluding ortho intramolecular Hbond substituents is 2. The first-order valence-electron chi connectivity index (χ1n) is 6.66. The summed E-state index contributed by atoms with van der Waals surface area (Å²) in [6, 6.07) is 13.6. The molecule has 2 N–H and O–H groups in total. The monoisotopic (exact) mass is 256 g/mol. The molecule has 0 saturated carbocycles. The SMILES string of the molecule is CC(C)c1cc(CCc2ccccc2)c(O)cc1O. The molecule has 2 aromatic carbocycles. The molecule has 2 aromatic rings. The Balaban J connectivity index is 2.18. The lowest BCUT2D eigenvalue weighted by Gasteiger charge is -2.12. The highest BCUT2D eigenvalue weighted by Gasteiger charge is 2.11. The predicted octanol–water partition coefficient (Wildman–Crippen LogP) is 4.01. The van der Waals surface area contributed by atoms with Gasteiger partial charge in [0.15, 0.2) is 0 Å². The second-order valence-electron chi connectivity index (χ2n) is 5.18. The van der Waals surface area contributed by atoms with Crippen molar-refractivity contribution in [1.82, 2.24) is 0 Å². The van der Waals surface area contributed by atoms with Crippen LogP contribution in [-0.2, 0) is 12.8 Å². The first-order valence-corrected chi connectivity index (χ1v) is 6.66. The van der Waals surface area contributed by atoms with Gasteiger partial charge in [-0.2, -0.15) is 0 Å². The lowest BCUT2D eigenvalue weighted by Crippen LogP contribution is -1.96. The molecule has 2 heteroatoms. The van der Waals surface area contributed by atoms with E-state index in [1.165, 1.54) is 11.6 Å². The van der Waals surface area contributed by atoms with Crippen LogP contribution in [0.2, 0.25) is 0 Å². The number of benzene rings is 2. The highest BCUT2D eigenvalue weighted by molar-refractivity contribution is 5.46. The Morgan fingerprint density at radius 1 is 0.895 bits per heavy atom. The van der Waals surface area contributed by atoms with Gasteiger partial charge in [-0.3, -0.25) is 0 Å². The van der Waals surface area contributed by atoms with Crippen molar-refractivity contribution in [3.05, 3.63) is 59.2 Å². The first-order chi connectivity index (χ1) is 9.08. The van der Waals surface area contributed by atoms with Crippen LogP contribution < -0.4 is 0 Å². The summed E-state index contributed by atoms with van der Waals surface area (Å²) in [6.07, 6.45) is 1.66. The van der Waals surface area contributed by atoms with Crippen LogP contribution in [0.1, 0.15) is 36.5 Å². The van der Waals surface area contributed by atoms with Crippen LogP contribution in [0.25, 0.3) is 0 Å². The largest absolute Gasteiger partial charge is 0.508 e. The summed E-state index contributed by atoms with van der Waals surface area (Å²) in [4.78, 5) is 0. The molecule has 0 saturated heterocycles. The Hall–Kier alpha value is -1.96. The Labute approximate surface area is 114 Å². The Morgan fingerprint density at radius 3 is 2.21 bits per heavy atom. The van der Waals surface area contributed by atoms with Crippen LogP contribution in [0, 0.1) is 0 Å². The average molecular weight is 256 g/mol. The highest BCUT2D eigenvalue weighted by Crippen LogP contribution is 2.32. The van der Waals surface area contributed by atoms with Crippen molar-refractivity contribution in [1.29, 1.82) is 0 Å². The maximum Gasteiger partial charge on any atom is 0.122 e. The summed E-state index contributed by atoms with van der Waals surface area (Å²) < 4.78 is 0. The first kappa shape index (κ1) is 13.5. The van der Waals surface area contributed by atoms with Gasteiger partial charge in [0.2, 0.25) is 0 Å². The van der Waals surface area contributed by atoms with Gasteiger partial charge in [-0.05, 0) is 41.5 Å². The van der Waals surface area contributed by atoms with Crippen LogP contribution in [-0.4, -0.2) is 10.2 Å². The molecule has 0 atom stereocenters. The Kier molecular flexibility index (Phi) is 4.10. The number of aromatic hydroxyl groups is 2.